The lowest BCUT2D eigenvalue weighted by molar-refractivity contribution is 0.371. The molecule has 2 N–H and O–H groups in total. The first kappa shape index (κ1) is 16.2. The lowest BCUT2D eigenvalue weighted by atomic mass is 10.1. The molecule has 0 heterocycles. The monoisotopic (exact) mass is 393 g/mol. The summed E-state index contributed by atoms with van der Waals surface area (Å²) in [5, 5.41) is 13.7. The minimum absolute atomic E-state index is 0.0104. The quantitative estimate of drug-likeness (QED) is 0.746. The zero-order valence-electron chi connectivity index (χ0n) is 10.9. The molecule has 0 saturated carbocycles. The van der Waals surface area contributed by atoms with E-state index in [2.05, 4.69) is 21.2 Å². The molecule has 0 atom stereocenters. The second-order valence-electron chi connectivity index (χ2n) is 4.21. The van der Waals surface area contributed by atoms with E-state index in [0.717, 1.165) is 0 Å². The number of anilines is 1. The summed E-state index contributed by atoms with van der Waals surface area (Å²) >= 11 is 15.2. The third-order valence-electron chi connectivity index (χ3n) is 2.80. The fourth-order valence-electron chi connectivity index (χ4n) is 1.81. The van der Waals surface area contributed by atoms with Crippen molar-refractivity contribution in [2.75, 3.05) is 12.4 Å². The van der Waals surface area contributed by atoms with E-state index in [4.69, 9.17) is 27.9 Å². The number of nitrogens with one attached hydrogen (secondary N) is 1. The molecule has 112 valence electrons. The number of benzene rings is 2. The second-order valence-corrected chi connectivity index (χ2v) is 5.91. The highest BCUT2D eigenvalue weighted by molar-refractivity contribution is 9.10. The van der Waals surface area contributed by atoms with Crippen LogP contribution in [0.3, 0.4) is 0 Å². The van der Waals surface area contributed by atoms with Crippen LogP contribution < -0.4 is 10.1 Å². The van der Waals surface area contributed by atoms with E-state index in [9.17, 15) is 9.50 Å². The van der Waals surface area contributed by atoms with Crippen molar-refractivity contribution in [1.82, 2.24) is 0 Å². The van der Waals surface area contributed by atoms with E-state index >= 15 is 0 Å². The zero-order valence-corrected chi connectivity index (χ0v) is 14.0. The van der Waals surface area contributed by atoms with Gasteiger partial charge in [0, 0.05) is 27.7 Å². The molecule has 21 heavy (non-hydrogen) atoms. The van der Waals surface area contributed by atoms with E-state index in [-0.39, 0.29) is 23.1 Å². The first-order valence-corrected chi connectivity index (χ1v) is 7.41. The van der Waals surface area contributed by atoms with Crippen molar-refractivity contribution < 1.29 is 14.2 Å². The average molecular weight is 395 g/mol. The van der Waals surface area contributed by atoms with Crippen LogP contribution in [0.2, 0.25) is 10.0 Å². The maximum atomic E-state index is 13.2. The van der Waals surface area contributed by atoms with Crippen LogP contribution in [0.15, 0.2) is 28.7 Å². The Morgan fingerprint density at radius 1 is 1.29 bits per heavy atom. The van der Waals surface area contributed by atoms with Gasteiger partial charge in [-0.05, 0) is 34.1 Å². The standard InChI is InChI=1S/C14H11BrCl2FNO2/c1-21-12-3-8(16)2-7(14(12)20)6-19-13-10(15)4-9(18)5-11(13)17/h2-5,19-20H,6H2,1H3. The maximum absolute atomic E-state index is 13.2. The fraction of sp³-hybridized carbons (Fsp3) is 0.143. The molecule has 3 nitrogen and oxygen atoms in total. The normalized spacial score (nSPS) is 10.5. The van der Waals surface area contributed by atoms with Crippen molar-refractivity contribution in [1.29, 1.82) is 0 Å². The summed E-state index contributed by atoms with van der Waals surface area (Å²) in [7, 11) is 1.44. The molecule has 0 aliphatic rings. The number of hydrogen-bond acceptors (Lipinski definition) is 3. The van der Waals surface area contributed by atoms with Gasteiger partial charge in [-0.2, -0.15) is 0 Å². The van der Waals surface area contributed by atoms with E-state index in [1.54, 1.807) is 6.07 Å². The first-order valence-electron chi connectivity index (χ1n) is 5.86. The number of phenols is 1. The van der Waals surface area contributed by atoms with Gasteiger partial charge in [0.05, 0.1) is 17.8 Å². The molecule has 0 spiro atoms. The number of phenolic OH excluding ortho intramolecular Hbond substituents is 1. The van der Waals surface area contributed by atoms with Gasteiger partial charge >= 0.3 is 0 Å². The van der Waals surface area contributed by atoms with Crippen LogP contribution in [0.5, 0.6) is 11.5 Å². The molecule has 0 aromatic heterocycles. The minimum atomic E-state index is -0.440. The third kappa shape index (κ3) is 3.73. The molecule has 0 radical (unpaired) electrons. The molecule has 0 amide bonds. The van der Waals surface area contributed by atoms with Gasteiger partial charge in [-0.25, -0.2) is 4.39 Å². The van der Waals surface area contributed by atoms with Gasteiger partial charge in [-0.1, -0.05) is 23.2 Å². The van der Waals surface area contributed by atoms with Crippen molar-refractivity contribution in [3.8, 4) is 11.5 Å². The Morgan fingerprint density at radius 3 is 2.62 bits per heavy atom. The molecule has 0 aliphatic heterocycles. The third-order valence-corrected chi connectivity index (χ3v) is 3.94. The number of hydrogen-bond donors (Lipinski definition) is 2. The lowest BCUT2D eigenvalue weighted by Gasteiger charge is -2.13. The molecule has 2 aromatic carbocycles. The molecule has 2 aromatic rings. The molecule has 0 fully saturated rings. The molecule has 7 heteroatoms. The summed E-state index contributed by atoms with van der Waals surface area (Å²) in [6, 6.07) is 5.62. The van der Waals surface area contributed by atoms with Crippen molar-refractivity contribution in [3.63, 3.8) is 0 Å². The second kappa shape index (κ2) is 6.73. The molecular formula is C14H11BrCl2FNO2. The smallest absolute Gasteiger partial charge is 0.162 e. The van der Waals surface area contributed by atoms with Crippen LogP contribution in [0.1, 0.15) is 5.56 Å². The van der Waals surface area contributed by atoms with Crippen LogP contribution in [-0.4, -0.2) is 12.2 Å². The highest BCUT2D eigenvalue weighted by Crippen LogP contribution is 2.36. The highest BCUT2D eigenvalue weighted by atomic mass is 79.9. The number of methoxy groups -OCH3 is 1. The van der Waals surface area contributed by atoms with Gasteiger partial charge in [0.2, 0.25) is 0 Å². The molecule has 0 aliphatic carbocycles. The topological polar surface area (TPSA) is 41.5 Å². The number of halogens is 4. The average Bonchev–Trinajstić information content (AvgIpc) is 2.40. The van der Waals surface area contributed by atoms with Gasteiger partial charge in [0.25, 0.3) is 0 Å². The Hall–Kier alpha value is -1.17. The zero-order chi connectivity index (χ0) is 15.6. The van der Waals surface area contributed by atoms with Gasteiger partial charge in [-0.3, -0.25) is 0 Å². The molecule has 0 bridgehead atoms. The summed E-state index contributed by atoms with van der Waals surface area (Å²) in [5.41, 5.74) is 1.06. The predicted octanol–water partition coefficient (Wildman–Crippen LogP) is 5.22. The Balaban J connectivity index is 2.27. The fourth-order valence-corrected chi connectivity index (χ4v) is 3.00. The highest BCUT2D eigenvalue weighted by Gasteiger charge is 2.12. The van der Waals surface area contributed by atoms with Crippen LogP contribution in [0.4, 0.5) is 10.1 Å². The Kier molecular flexibility index (Phi) is 5.19. The Morgan fingerprint density at radius 2 is 2.00 bits per heavy atom. The summed E-state index contributed by atoms with van der Waals surface area (Å²) in [6.07, 6.45) is 0. The summed E-state index contributed by atoms with van der Waals surface area (Å²) in [5.74, 6) is -0.169. The van der Waals surface area contributed by atoms with Crippen LogP contribution in [-0.2, 0) is 6.54 Å². The molecule has 0 saturated heterocycles. The first-order chi connectivity index (χ1) is 9.92. The summed E-state index contributed by atoms with van der Waals surface area (Å²) in [4.78, 5) is 0. The Bertz CT molecular complexity index is 659. The van der Waals surface area contributed by atoms with Crippen LogP contribution in [0, 0.1) is 5.82 Å². The van der Waals surface area contributed by atoms with Crippen molar-refractivity contribution in [3.05, 3.63) is 50.2 Å². The minimum Gasteiger partial charge on any atom is -0.504 e. The van der Waals surface area contributed by atoms with Crippen molar-refractivity contribution >= 4 is 44.8 Å². The maximum Gasteiger partial charge on any atom is 0.162 e. The van der Waals surface area contributed by atoms with E-state index in [0.29, 0.717) is 20.7 Å². The van der Waals surface area contributed by atoms with Crippen molar-refractivity contribution in [2.24, 2.45) is 0 Å². The SMILES string of the molecule is COc1cc(Cl)cc(CNc2c(Cl)cc(F)cc2Br)c1O. The molecular weight excluding hydrogens is 384 g/mol. The largest absolute Gasteiger partial charge is 0.504 e. The van der Waals surface area contributed by atoms with Gasteiger partial charge in [-0.15, -0.1) is 0 Å². The molecule has 0 unspecified atom stereocenters. The van der Waals surface area contributed by atoms with E-state index < -0.39 is 5.82 Å². The number of aromatic hydroxyl groups is 1. The number of ether oxygens (including phenoxy) is 1. The summed E-state index contributed by atoms with van der Waals surface area (Å²) < 4.78 is 18.7. The van der Waals surface area contributed by atoms with Crippen molar-refractivity contribution in [2.45, 2.75) is 6.54 Å². The Labute approximate surface area is 139 Å². The van der Waals surface area contributed by atoms with Gasteiger partial charge in [0.1, 0.15) is 5.82 Å². The predicted molar refractivity (Wildman–Crippen MR) is 86.1 cm³/mol. The number of rotatable bonds is 4. The summed E-state index contributed by atoms with van der Waals surface area (Å²) in [6.45, 7) is 0.243. The van der Waals surface area contributed by atoms with Crippen LogP contribution >= 0.6 is 39.1 Å². The van der Waals surface area contributed by atoms with E-state index in [1.165, 1.54) is 25.3 Å². The van der Waals surface area contributed by atoms with Gasteiger partial charge in [0.15, 0.2) is 11.5 Å². The molecule has 2 rings (SSSR count). The lowest BCUT2D eigenvalue weighted by Crippen LogP contribution is -2.02. The van der Waals surface area contributed by atoms with E-state index in [1.807, 2.05) is 0 Å². The van der Waals surface area contributed by atoms with Crippen LogP contribution in [0.25, 0.3) is 0 Å². The van der Waals surface area contributed by atoms with Gasteiger partial charge < -0.3 is 15.2 Å².